The first-order valence-electron chi connectivity index (χ1n) is 5.65. The quantitative estimate of drug-likeness (QED) is 0.773. The van der Waals surface area contributed by atoms with Crippen molar-refractivity contribution in [2.45, 2.75) is 38.2 Å². The number of nitrogens with zero attached hydrogens (tertiary/aromatic N) is 2. The molecule has 2 rings (SSSR count). The Labute approximate surface area is 95.6 Å². The molecule has 0 radical (unpaired) electrons. The lowest BCUT2D eigenvalue weighted by Crippen LogP contribution is -2.48. The third kappa shape index (κ3) is 1.78. The number of carbonyl (C=O) groups excluding carboxylic acids is 1. The highest BCUT2D eigenvalue weighted by molar-refractivity contribution is 5.89. The van der Waals surface area contributed by atoms with E-state index in [0.717, 1.165) is 30.7 Å². The summed E-state index contributed by atoms with van der Waals surface area (Å²) >= 11 is 0. The Morgan fingerprint density at radius 3 is 2.69 bits per heavy atom. The Morgan fingerprint density at radius 2 is 2.31 bits per heavy atom. The van der Waals surface area contributed by atoms with Crippen LogP contribution < -0.4 is 0 Å². The number of Topliss-reactive ketones (excluding diaryl/α,β-unsaturated/α-hetero) is 1. The average Bonchev–Trinajstić information content (AvgIpc) is 2.44. The second kappa shape index (κ2) is 4.01. The van der Waals surface area contributed by atoms with Crippen molar-refractivity contribution in [2.75, 3.05) is 7.11 Å². The molecular formula is C12H18N2O2. The number of aryl methyl sites for hydroxylation is 2. The topological polar surface area (TPSA) is 44.1 Å². The molecule has 1 aromatic heterocycles. The van der Waals surface area contributed by atoms with E-state index in [4.69, 9.17) is 4.74 Å². The van der Waals surface area contributed by atoms with E-state index in [2.05, 4.69) is 5.10 Å². The van der Waals surface area contributed by atoms with Gasteiger partial charge < -0.3 is 4.74 Å². The standard InChI is InChI=1S/C12H18N2O2/c1-9-7-10(14(2)13-9)8-11(15)12(16-3)5-4-6-12/h7H,4-6,8H2,1-3H3. The van der Waals surface area contributed by atoms with E-state index in [9.17, 15) is 4.79 Å². The summed E-state index contributed by atoms with van der Waals surface area (Å²) in [5.74, 6) is 0.184. The molecule has 4 heteroatoms. The van der Waals surface area contributed by atoms with Gasteiger partial charge in [-0.05, 0) is 32.3 Å². The summed E-state index contributed by atoms with van der Waals surface area (Å²) in [4.78, 5) is 12.1. The van der Waals surface area contributed by atoms with Crippen LogP contribution >= 0.6 is 0 Å². The van der Waals surface area contributed by atoms with E-state index in [1.807, 2.05) is 20.0 Å². The molecule has 1 saturated carbocycles. The normalized spacial score (nSPS) is 18.2. The van der Waals surface area contributed by atoms with Gasteiger partial charge in [0, 0.05) is 19.9 Å². The summed E-state index contributed by atoms with van der Waals surface area (Å²) in [7, 11) is 3.50. The zero-order chi connectivity index (χ0) is 11.8. The van der Waals surface area contributed by atoms with Crippen LogP contribution in [0.3, 0.4) is 0 Å². The summed E-state index contributed by atoms with van der Waals surface area (Å²) in [6.45, 7) is 1.93. The van der Waals surface area contributed by atoms with Crippen LogP contribution in [0.1, 0.15) is 30.7 Å². The van der Waals surface area contributed by atoms with Crippen molar-refractivity contribution < 1.29 is 9.53 Å². The van der Waals surface area contributed by atoms with Crippen LogP contribution in [-0.4, -0.2) is 28.3 Å². The Morgan fingerprint density at radius 1 is 1.62 bits per heavy atom. The van der Waals surface area contributed by atoms with Crippen molar-refractivity contribution in [3.63, 3.8) is 0 Å². The molecule has 1 heterocycles. The van der Waals surface area contributed by atoms with E-state index in [1.54, 1.807) is 11.8 Å². The number of ketones is 1. The summed E-state index contributed by atoms with van der Waals surface area (Å²) in [6, 6.07) is 1.96. The zero-order valence-electron chi connectivity index (χ0n) is 10.1. The molecule has 1 aliphatic rings. The molecule has 88 valence electrons. The van der Waals surface area contributed by atoms with Crippen LogP contribution in [0.2, 0.25) is 0 Å². The lowest BCUT2D eigenvalue weighted by atomic mass is 9.75. The summed E-state index contributed by atoms with van der Waals surface area (Å²) in [5, 5.41) is 4.24. The van der Waals surface area contributed by atoms with Crippen LogP contribution in [0.15, 0.2) is 6.07 Å². The molecule has 0 bridgehead atoms. The van der Waals surface area contributed by atoms with Crippen LogP contribution in [0, 0.1) is 6.92 Å². The van der Waals surface area contributed by atoms with Gasteiger partial charge in [-0.1, -0.05) is 0 Å². The zero-order valence-corrected chi connectivity index (χ0v) is 10.1. The Balaban J connectivity index is 2.10. The molecule has 0 amide bonds. The molecule has 1 fully saturated rings. The van der Waals surface area contributed by atoms with Gasteiger partial charge in [-0.25, -0.2) is 0 Å². The monoisotopic (exact) mass is 222 g/mol. The predicted molar refractivity (Wildman–Crippen MR) is 60.2 cm³/mol. The number of aromatic nitrogens is 2. The van der Waals surface area contributed by atoms with E-state index in [-0.39, 0.29) is 5.78 Å². The van der Waals surface area contributed by atoms with Crippen molar-refractivity contribution in [3.05, 3.63) is 17.5 Å². The van der Waals surface area contributed by atoms with Gasteiger partial charge in [0.05, 0.1) is 12.1 Å². The van der Waals surface area contributed by atoms with Crippen LogP contribution in [0.4, 0.5) is 0 Å². The van der Waals surface area contributed by atoms with Gasteiger partial charge >= 0.3 is 0 Å². The predicted octanol–water partition coefficient (Wildman–Crippen LogP) is 1.41. The van der Waals surface area contributed by atoms with E-state index in [0.29, 0.717) is 6.42 Å². The highest BCUT2D eigenvalue weighted by Crippen LogP contribution is 2.36. The molecule has 1 aromatic rings. The number of hydrogen-bond acceptors (Lipinski definition) is 3. The van der Waals surface area contributed by atoms with Crippen molar-refractivity contribution in [3.8, 4) is 0 Å². The van der Waals surface area contributed by atoms with Gasteiger partial charge in [0.25, 0.3) is 0 Å². The summed E-state index contributed by atoms with van der Waals surface area (Å²) < 4.78 is 7.15. The second-order valence-corrected chi connectivity index (χ2v) is 4.55. The number of carbonyl (C=O) groups is 1. The fourth-order valence-electron chi connectivity index (χ4n) is 2.25. The molecule has 1 aliphatic carbocycles. The van der Waals surface area contributed by atoms with E-state index >= 15 is 0 Å². The molecule has 0 aromatic carbocycles. The number of methoxy groups -OCH3 is 1. The van der Waals surface area contributed by atoms with Gasteiger partial charge in [-0.15, -0.1) is 0 Å². The maximum absolute atomic E-state index is 12.1. The van der Waals surface area contributed by atoms with Gasteiger partial charge in [0.2, 0.25) is 0 Å². The minimum absolute atomic E-state index is 0.184. The van der Waals surface area contributed by atoms with Crippen molar-refractivity contribution in [2.24, 2.45) is 7.05 Å². The first-order chi connectivity index (χ1) is 7.57. The van der Waals surface area contributed by atoms with Crippen molar-refractivity contribution >= 4 is 5.78 Å². The largest absolute Gasteiger partial charge is 0.370 e. The molecule has 0 N–H and O–H groups in total. The molecule has 0 atom stereocenters. The fourth-order valence-corrected chi connectivity index (χ4v) is 2.25. The van der Waals surface area contributed by atoms with Crippen LogP contribution in [0.25, 0.3) is 0 Å². The minimum Gasteiger partial charge on any atom is -0.370 e. The lowest BCUT2D eigenvalue weighted by Gasteiger charge is -2.38. The Hall–Kier alpha value is -1.16. The van der Waals surface area contributed by atoms with Gasteiger partial charge in [0.15, 0.2) is 5.78 Å². The number of hydrogen-bond donors (Lipinski definition) is 0. The van der Waals surface area contributed by atoms with Crippen molar-refractivity contribution in [1.82, 2.24) is 9.78 Å². The number of rotatable bonds is 4. The number of ether oxygens (including phenoxy) is 1. The summed E-state index contributed by atoms with van der Waals surface area (Å²) in [5.41, 5.74) is 1.41. The molecule has 0 spiro atoms. The summed E-state index contributed by atoms with van der Waals surface area (Å²) in [6.07, 6.45) is 3.23. The van der Waals surface area contributed by atoms with Crippen molar-refractivity contribution in [1.29, 1.82) is 0 Å². The minimum atomic E-state index is -0.502. The highest BCUT2D eigenvalue weighted by atomic mass is 16.5. The molecule has 4 nitrogen and oxygen atoms in total. The van der Waals surface area contributed by atoms with Gasteiger partial charge in [-0.3, -0.25) is 9.48 Å². The Kier molecular flexibility index (Phi) is 2.84. The maximum Gasteiger partial charge on any atom is 0.170 e. The molecule has 0 unspecified atom stereocenters. The molecule has 0 aliphatic heterocycles. The van der Waals surface area contributed by atoms with E-state index in [1.165, 1.54) is 0 Å². The smallest absolute Gasteiger partial charge is 0.170 e. The third-order valence-electron chi connectivity index (χ3n) is 3.50. The Bertz CT molecular complexity index is 400. The molecule has 16 heavy (non-hydrogen) atoms. The van der Waals surface area contributed by atoms with Crippen LogP contribution in [-0.2, 0) is 23.0 Å². The van der Waals surface area contributed by atoms with Gasteiger partial charge in [-0.2, -0.15) is 5.10 Å². The lowest BCUT2D eigenvalue weighted by molar-refractivity contribution is -0.151. The SMILES string of the molecule is COC1(C(=O)Cc2cc(C)nn2C)CCC1. The second-order valence-electron chi connectivity index (χ2n) is 4.55. The highest BCUT2D eigenvalue weighted by Gasteiger charge is 2.43. The molecular weight excluding hydrogens is 204 g/mol. The van der Waals surface area contributed by atoms with Crippen LogP contribution in [0.5, 0.6) is 0 Å². The van der Waals surface area contributed by atoms with Gasteiger partial charge in [0.1, 0.15) is 5.60 Å². The van der Waals surface area contributed by atoms with E-state index < -0.39 is 5.60 Å². The average molecular weight is 222 g/mol. The first kappa shape index (κ1) is 11.3. The maximum atomic E-state index is 12.1. The fraction of sp³-hybridized carbons (Fsp3) is 0.667. The third-order valence-corrected chi connectivity index (χ3v) is 3.50. The first-order valence-corrected chi connectivity index (χ1v) is 5.65. The molecule has 0 saturated heterocycles.